The minimum atomic E-state index is -0.293. The van der Waals surface area contributed by atoms with Gasteiger partial charge in [-0.3, -0.25) is 9.59 Å². The molecule has 142 valence electrons. The number of rotatable bonds is 4. The predicted octanol–water partition coefficient (Wildman–Crippen LogP) is 3.57. The van der Waals surface area contributed by atoms with Gasteiger partial charge in [0.05, 0.1) is 6.54 Å². The van der Waals surface area contributed by atoms with Crippen molar-refractivity contribution in [1.82, 2.24) is 14.9 Å². The molecule has 5 nitrogen and oxygen atoms in total. The highest BCUT2D eigenvalue weighted by atomic mass is 32.1. The van der Waals surface area contributed by atoms with Crippen molar-refractivity contribution >= 4 is 17.2 Å². The molecular weight excluding hydrogens is 358 g/mol. The second kappa shape index (κ2) is 6.30. The van der Waals surface area contributed by atoms with E-state index in [1.807, 2.05) is 17.5 Å². The van der Waals surface area contributed by atoms with Crippen LogP contribution in [0.5, 0.6) is 0 Å². The molecule has 0 saturated heterocycles. The third-order valence-corrected chi connectivity index (χ3v) is 7.75. The first-order valence-electron chi connectivity index (χ1n) is 9.90. The van der Waals surface area contributed by atoms with Gasteiger partial charge in [0.2, 0.25) is 0 Å². The minimum absolute atomic E-state index is 0.0400. The van der Waals surface area contributed by atoms with E-state index in [-0.39, 0.29) is 22.4 Å². The lowest BCUT2D eigenvalue weighted by atomic mass is 9.49. The van der Waals surface area contributed by atoms with Crippen LogP contribution in [-0.2, 0) is 12.0 Å². The fourth-order valence-electron chi connectivity index (χ4n) is 6.13. The Hall–Kier alpha value is -1.95. The van der Waals surface area contributed by atoms with Crippen molar-refractivity contribution in [2.24, 2.45) is 17.8 Å². The average Bonchev–Trinajstić information content (AvgIpc) is 3.13. The zero-order valence-electron chi connectivity index (χ0n) is 15.6. The van der Waals surface area contributed by atoms with E-state index in [4.69, 9.17) is 0 Å². The summed E-state index contributed by atoms with van der Waals surface area (Å²) in [5.41, 5.74) is -0.112. The third-order valence-electron chi connectivity index (χ3n) is 6.89. The lowest BCUT2D eigenvalue weighted by molar-refractivity contribution is -0.00954. The molecule has 6 rings (SSSR count). The summed E-state index contributed by atoms with van der Waals surface area (Å²) in [5.74, 6) is 2.93. The van der Waals surface area contributed by atoms with E-state index in [9.17, 15) is 9.59 Å². The van der Waals surface area contributed by atoms with Crippen LogP contribution in [0.25, 0.3) is 0 Å². The molecule has 2 aromatic rings. The lowest BCUT2D eigenvalue weighted by Crippen LogP contribution is -2.50. The van der Waals surface area contributed by atoms with Crippen molar-refractivity contribution in [3.05, 3.63) is 50.3 Å². The van der Waals surface area contributed by atoms with Crippen LogP contribution in [0.3, 0.4) is 0 Å². The van der Waals surface area contributed by atoms with Gasteiger partial charge >= 0.3 is 0 Å². The van der Waals surface area contributed by atoms with Gasteiger partial charge < -0.3 is 9.88 Å². The molecule has 4 bridgehead atoms. The second-order valence-corrected chi connectivity index (χ2v) is 9.95. The molecular formula is C21H25N3O2S. The number of carbonyl (C=O) groups excluding carboxylic acids is 1. The fourth-order valence-corrected chi connectivity index (χ4v) is 6.89. The Labute approximate surface area is 162 Å². The number of H-pyrrole nitrogens is 1. The lowest BCUT2D eigenvalue weighted by Gasteiger charge is -2.56. The van der Waals surface area contributed by atoms with Crippen molar-refractivity contribution in [3.8, 4) is 0 Å². The Kier molecular flexibility index (Phi) is 4.00. The standard InChI is InChI=1S/C21H25N3O2S/c1-24(12-16-3-2-4-27-16)19(26)17-11-22-20(23-18(17)25)21-8-13-5-14(9-21)7-15(6-13)10-21/h2-4,11,13-15H,5-10,12H2,1H3,(H,22,23,25). The molecule has 4 aliphatic carbocycles. The molecule has 4 saturated carbocycles. The molecule has 27 heavy (non-hydrogen) atoms. The van der Waals surface area contributed by atoms with Gasteiger partial charge in [-0.15, -0.1) is 11.3 Å². The van der Waals surface area contributed by atoms with E-state index in [1.54, 1.807) is 23.3 Å². The zero-order chi connectivity index (χ0) is 18.6. The van der Waals surface area contributed by atoms with Crippen LogP contribution in [-0.4, -0.2) is 27.8 Å². The molecule has 1 N–H and O–H groups in total. The first-order valence-corrected chi connectivity index (χ1v) is 10.8. The number of hydrogen-bond acceptors (Lipinski definition) is 4. The maximum Gasteiger partial charge on any atom is 0.263 e. The Bertz CT molecular complexity index is 882. The highest BCUT2D eigenvalue weighted by Gasteiger charge is 2.52. The summed E-state index contributed by atoms with van der Waals surface area (Å²) in [7, 11) is 1.73. The molecule has 2 heterocycles. The van der Waals surface area contributed by atoms with E-state index in [0.717, 1.165) is 47.7 Å². The zero-order valence-corrected chi connectivity index (χ0v) is 16.4. The summed E-state index contributed by atoms with van der Waals surface area (Å²) in [4.78, 5) is 35.8. The largest absolute Gasteiger partial charge is 0.336 e. The number of aromatic amines is 1. The Balaban J connectivity index is 1.39. The summed E-state index contributed by atoms with van der Waals surface area (Å²) in [6.07, 6.45) is 9.02. The van der Waals surface area contributed by atoms with Crippen LogP contribution in [0.4, 0.5) is 0 Å². The number of hydrogen-bond donors (Lipinski definition) is 1. The van der Waals surface area contributed by atoms with Gasteiger partial charge in [0.1, 0.15) is 11.4 Å². The number of carbonyl (C=O) groups is 1. The van der Waals surface area contributed by atoms with Gasteiger partial charge in [-0.05, 0) is 67.7 Å². The molecule has 1 amide bonds. The van der Waals surface area contributed by atoms with Gasteiger partial charge in [-0.25, -0.2) is 4.98 Å². The van der Waals surface area contributed by atoms with Crippen LogP contribution >= 0.6 is 11.3 Å². The van der Waals surface area contributed by atoms with E-state index >= 15 is 0 Å². The van der Waals surface area contributed by atoms with E-state index in [2.05, 4.69) is 9.97 Å². The summed E-state index contributed by atoms with van der Waals surface area (Å²) in [6.45, 7) is 0.507. The van der Waals surface area contributed by atoms with Gasteiger partial charge in [0, 0.05) is 23.5 Å². The first kappa shape index (κ1) is 17.2. The summed E-state index contributed by atoms with van der Waals surface area (Å²) >= 11 is 1.61. The van der Waals surface area contributed by atoms with Crippen molar-refractivity contribution in [1.29, 1.82) is 0 Å². The van der Waals surface area contributed by atoms with Gasteiger partial charge in [-0.2, -0.15) is 0 Å². The second-order valence-electron chi connectivity index (χ2n) is 8.91. The van der Waals surface area contributed by atoms with E-state index in [0.29, 0.717) is 6.54 Å². The van der Waals surface area contributed by atoms with E-state index in [1.165, 1.54) is 25.5 Å². The quantitative estimate of drug-likeness (QED) is 0.878. The number of aromatic nitrogens is 2. The van der Waals surface area contributed by atoms with Crippen LogP contribution in [0.15, 0.2) is 28.5 Å². The molecule has 0 unspecified atom stereocenters. The molecule has 0 atom stereocenters. The van der Waals surface area contributed by atoms with E-state index < -0.39 is 0 Å². The van der Waals surface area contributed by atoms with Gasteiger partial charge in [-0.1, -0.05) is 6.07 Å². The maximum absolute atomic E-state index is 12.7. The molecule has 0 radical (unpaired) electrons. The monoisotopic (exact) mass is 383 g/mol. The summed E-state index contributed by atoms with van der Waals surface area (Å²) in [6, 6.07) is 3.96. The molecule has 0 aromatic carbocycles. The third kappa shape index (κ3) is 2.94. The molecule has 4 aliphatic rings. The fraction of sp³-hybridized carbons (Fsp3) is 0.571. The van der Waals surface area contributed by atoms with Crippen LogP contribution in [0.2, 0.25) is 0 Å². The molecule has 6 heteroatoms. The number of thiophene rings is 1. The van der Waals surface area contributed by atoms with Gasteiger partial charge in [0.15, 0.2) is 0 Å². The maximum atomic E-state index is 12.7. The Morgan fingerprint density at radius 2 is 1.93 bits per heavy atom. The van der Waals surface area contributed by atoms with Crippen molar-refractivity contribution in [2.75, 3.05) is 7.05 Å². The SMILES string of the molecule is CN(Cc1cccs1)C(=O)c1cnc(C23CC4CC(CC(C4)C2)C3)[nH]c1=O. The molecule has 2 aromatic heterocycles. The number of nitrogens with zero attached hydrogens (tertiary/aromatic N) is 2. The highest BCUT2D eigenvalue weighted by molar-refractivity contribution is 7.09. The van der Waals surface area contributed by atoms with Crippen LogP contribution in [0, 0.1) is 17.8 Å². The summed E-state index contributed by atoms with van der Waals surface area (Å²) in [5, 5.41) is 1.99. The van der Waals surface area contributed by atoms with Crippen molar-refractivity contribution in [2.45, 2.75) is 50.5 Å². The molecule has 4 fully saturated rings. The number of amides is 1. The first-order chi connectivity index (χ1) is 13.0. The highest BCUT2D eigenvalue weighted by Crippen LogP contribution is 2.59. The van der Waals surface area contributed by atoms with Crippen LogP contribution < -0.4 is 5.56 Å². The normalized spacial score (nSPS) is 31.2. The Morgan fingerprint density at radius 3 is 2.48 bits per heavy atom. The number of nitrogens with one attached hydrogen (secondary N) is 1. The van der Waals surface area contributed by atoms with Crippen molar-refractivity contribution < 1.29 is 4.79 Å². The van der Waals surface area contributed by atoms with Gasteiger partial charge in [0.25, 0.3) is 11.5 Å². The Morgan fingerprint density at radius 1 is 1.26 bits per heavy atom. The minimum Gasteiger partial charge on any atom is -0.336 e. The smallest absolute Gasteiger partial charge is 0.263 e. The summed E-state index contributed by atoms with van der Waals surface area (Å²) < 4.78 is 0. The average molecular weight is 384 g/mol. The van der Waals surface area contributed by atoms with Crippen molar-refractivity contribution in [3.63, 3.8) is 0 Å². The molecule has 0 spiro atoms. The topological polar surface area (TPSA) is 66.1 Å². The van der Waals surface area contributed by atoms with Crippen LogP contribution in [0.1, 0.15) is 59.6 Å². The predicted molar refractivity (Wildman–Crippen MR) is 105 cm³/mol. The molecule has 0 aliphatic heterocycles.